The number of hydrogen-bond donors (Lipinski definition) is 1. The summed E-state index contributed by atoms with van der Waals surface area (Å²) in [5, 5.41) is 4.04. The van der Waals surface area contributed by atoms with E-state index in [1.165, 1.54) is 11.1 Å². The van der Waals surface area contributed by atoms with E-state index in [1.54, 1.807) is 18.6 Å². The molecule has 0 aliphatic carbocycles. The van der Waals surface area contributed by atoms with Gasteiger partial charge in [-0.05, 0) is 29.7 Å². The molecule has 0 spiro atoms. The van der Waals surface area contributed by atoms with Crippen LogP contribution in [-0.4, -0.2) is 42.8 Å². The minimum Gasteiger partial charge on any atom is -0.336 e. The predicted octanol–water partition coefficient (Wildman–Crippen LogP) is 3.17. The van der Waals surface area contributed by atoms with Crippen molar-refractivity contribution in [3.05, 3.63) is 88.9 Å². The second-order valence-corrected chi connectivity index (χ2v) is 8.14. The number of imidazole rings is 2. The summed E-state index contributed by atoms with van der Waals surface area (Å²) in [7, 11) is 0. The summed E-state index contributed by atoms with van der Waals surface area (Å²) < 4.78 is 3.92. The number of carbonyl (C=O) groups excluding carboxylic acids is 1. The van der Waals surface area contributed by atoms with Crippen molar-refractivity contribution in [2.24, 2.45) is 0 Å². The van der Waals surface area contributed by atoms with Crippen molar-refractivity contribution in [1.82, 2.24) is 29.2 Å². The highest BCUT2D eigenvalue weighted by molar-refractivity contribution is 6.30. The van der Waals surface area contributed by atoms with E-state index >= 15 is 0 Å². The molecule has 4 heterocycles. The van der Waals surface area contributed by atoms with Gasteiger partial charge in [-0.25, -0.2) is 9.97 Å². The fourth-order valence-electron chi connectivity index (χ4n) is 4.06. The average Bonchev–Trinajstić information content (AvgIpc) is 3.44. The van der Waals surface area contributed by atoms with Crippen LogP contribution in [0.15, 0.2) is 61.3 Å². The lowest BCUT2D eigenvalue weighted by molar-refractivity contribution is 0.0728. The average molecular weight is 435 g/mol. The number of fused-ring (bicyclic) bond motifs is 2. The molecule has 0 bridgehead atoms. The Bertz CT molecular complexity index is 1220. The summed E-state index contributed by atoms with van der Waals surface area (Å²) >= 11 is 6.24. The molecule has 0 atom stereocenters. The van der Waals surface area contributed by atoms with E-state index in [4.69, 9.17) is 11.6 Å². The number of aromatic nitrogens is 4. The minimum atomic E-state index is -0.0410. The van der Waals surface area contributed by atoms with Crippen molar-refractivity contribution in [3.8, 4) is 0 Å². The Morgan fingerprint density at radius 1 is 1.16 bits per heavy atom. The fourth-order valence-corrected chi connectivity index (χ4v) is 4.22. The quantitative estimate of drug-likeness (QED) is 0.473. The standard InChI is InChI=1S/C23H23ClN6O/c24-19-5-6-21-27-22(23(31)29-10-7-17-3-1-2-4-18(17)14-29)20(30(21)15-19)13-25-8-11-28-12-9-26-16-28/h1-6,9,12,15-16,25H,7-8,10-11,13-14H2. The Hall–Kier alpha value is -3.16. The van der Waals surface area contributed by atoms with Gasteiger partial charge in [0.15, 0.2) is 5.69 Å². The molecule has 5 rings (SSSR count). The maximum absolute atomic E-state index is 13.5. The van der Waals surface area contributed by atoms with Gasteiger partial charge in [0.1, 0.15) is 5.65 Å². The molecule has 0 unspecified atom stereocenters. The SMILES string of the molecule is O=C(c1nc2ccc(Cl)cn2c1CNCCn1ccnc1)N1CCc2ccccc2C1. The molecule has 8 heteroatoms. The van der Waals surface area contributed by atoms with Gasteiger partial charge in [-0.15, -0.1) is 0 Å². The van der Waals surface area contributed by atoms with Crippen LogP contribution >= 0.6 is 11.6 Å². The largest absolute Gasteiger partial charge is 0.336 e. The second kappa shape index (κ2) is 8.53. The van der Waals surface area contributed by atoms with E-state index in [1.807, 2.05) is 38.4 Å². The van der Waals surface area contributed by atoms with Crippen LogP contribution in [0.2, 0.25) is 5.02 Å². The Morgan fingerprint density at radius 3 is 2.87 bits per heavy atom. The number of benzene rings is 1. The van der Waals surface area contributed by atoms with E-state index in [0.717, 1.165) is 30.9 Å². The van der Waals surface area contributed by atoms with Crippen LogP contribution in [0.4, 0.5) is 0 Å². The third kappa shape index (κ3) is 4.06. The van der Waals surface area contributed by atoms with E-state index < -0.39 is 0 Å². The van der Waals surface area contributed by atoms with Crippen LogP contribution in [0.25, 0.3) is 5.65 Å². The monoisotopic (exact) mass is 434 g/mol. The molecule has 158 valence electrons. The molecule has 1 N–H and O–H groups in total. The van der Waals surface area contributed by atoms with Gasteiger partial charge in [-0.1, -0.05) is 35.9 Å². The molecule has 3 aromatic heterocycles. The molecule has 7 nitrogen and oxygen atoms in total. The van der Waals surface area contributed by atoms with Gasteiger partial charge in [0, 0.05) is 51.3 Å². The maximum Gasteiger partial charge on any atom is 0.274 e. The third-order valence-corrected chi connectivity index (χ3v) is 5.92. The summed E-state index contributed by atoms with van der Waals surface area (Å²) in [5.74, 6) is -0.0410. The van der Waals surface area contributed by atoms with E-state index in [0.29, 0.717) is 30.4 Å². The van der Waals surface area contributed by atoms with Crippen molar-refractivity contribution in [2.75, 3.05) is 13.1 Å². The highest BCUT2D eigenvalue weighted by Gasteiger charge is 2.26. The molecule has 0 radical (unpaired) electrons. The minimum absolute atomic E-state index is 0.0410. The molecule has 31 heavy (non-hydrogen) atoms. The molecule has 1 amide bonds. The Labute approximate surface area is 185 Å². The first-order valence-corrected chi connectivity index (χ1v) is 10.8. The number of amides is 1. The molecule has 0 fully saturated rings. The molecule has 1 aliphatic rings. The lowest BCUT2D eigenvalue weighted by atomic mass is 9.99. The van der Waals surface area contributed by atoms with Gasteiger partial charge in [0.05, 0.1) is 17.0 Å². The fraction of sp³-hybridized carbons (Fsp3) is 0.261. The van der Waals surface area contributed by atoms with Crippen molar-refractivity contribution in [3.63, 3.8) is 0 Å². The Morgan fingerprint density at radius 2 is 2.03 bits per heavy atom. The van der Waals surface area contributed by atoms with Crippen molar-refractivity contribution in [2.45, 2.75) is 26.1 Å². The number of rotatable bonds is 6. The van der Waals surface area contributed by atoms with Gasteiger partial charge in [-0.2, -0.15) is 0 Å². The summed E-state index contributed by atoms with van der Waals surface area (Å²) in [5.41, 5.74) is 4.55. The molecule has 1 aliphatic heterocycles. The van der Waals surface area contributed by atoms with Crippen molar-refractivity contribution in [1.29, 1.82) is 0 Å². The molecular weight excluding hydrogens is 412 g/mol. The zero-order valence-corrected chi connectivity index (χ0v) is 17.8. The zero-order chi connectivity index (χ0) is 21.2. The van der Waals surface area contributed by atoms with E-state index in [9.17, 15) is 4.79 Å². The van der Waals surface area contributed by atoms with Crippen LogP contribution in [-0.2, 0) is 26.1 Å². The number of carbonyl (C=O) groups is 1. The molecule has 1 aromatic carbocycles. The number of nitrogens with one attached hydrogen (secondary N) is 1. The number of pyridine rings is 1. The molecule has 4 aromatic rings. The lowest BCUT2D eigenvalue weighted by Crippen LogP contribution is -2.37. The summed E-state index contributed by atoms with van der Waals surface area (Å²) in [6.07, 6.45) is 8.16. The Kier molecular flexibility index (Phi) is 5.44. The zero-order valence-electron chi connectivity index (χ0n) is 17.0. The van der Waals surface area contributed by atoms with Gasteiger partial charge >= 0.3 is 0 Å². The summed E-state index contributed by atoms with van der Waals surface area (Å²) in [6.45, 7) is 3.36. The maximum atomic E-state index is 13.5. The lowest BCUT2D eigenvalue weighted by Gasteiger charge is -2.28. The van der Waals surface area contributed by atoms with E-state index in [2.05, 4.69) is 33.5 Å². The van der Waals surface area contributed by atoms with Crippen LogP contribution in [0.3, 0.4) is 0 Å². The van der Waals surface area contributed by atoms with Gasteiger partial charge in [0.2, 0.25) is 0 Å². The Balaban J connectivity index is 1.39. The smallest absolute Gasteiger partial charge is 0.274 e. The van der Waals surface area contributed by atoms with E-state index in [-0.39, 0.29) is 5.91 Å². The van der Waals surface area contributed by atoms with Crippen LogP contribution in [0.5, 0.6) is 0 Å². The molecule has 0 saturated carbocycles. The first kappa shape index (κ1) is 19.8. The highest BCUT2D eigenvalue weighted by Crippen LogP contribution is 2.23. The van der Waals surface area contributed by atoms with Crippen LogP contribution in [0, 0.1) is 0 Å². The first-order valence-electron chi connectivity index (χ1n) is 10.4. The molecular formula is C23H23ClN6O. The van der Waals surface area contributed by atoms with Crippen LogP contribution < -0.4 is 5.32 Å². The highest BCUT2D eigenvalue weighted by atomic mass is 35.5. The normalized spacial score (nSPS) is 13.5. The third-order valence-electron chi connectivity index (χ3n) is 5.70. The first-order chi connectivity index (χ1) is 15.2. The predicted molar refractivity (Wildman–Crippen MR) is 119 cm³/mol. The van der Waals surface area contributed by atoms with Crippen molar-refractivity contribution < 1.29 is 4.79 Å². The van der Waals surface area contributed by atoms with Crippen molar-refractivity contribution >= 4 is 23.2 Å². The van der Waals surface area contributed by atoms with Gasteiger partial charge < -0.3 is 19.2 Å². The summed E-state index contributed by atoms with van der Waals surface area (Å²) in [6, 6.07) is 12.0. The molecule has 0 saturated heterocycles. The number of hydrogen-bond acceptors (Lipinski definition) is 4. The topological polar surface area (TPSA) is 67.5 Å². The van der Waals surface area contributed by atoms with Gasteiger partial charge in [-0.3, -0.25) is 4.79 Å². The summed E-state index contributed by atoms with van der Waals surface area (Å²) in [4.78, 5) is 24.1. The van der Waals surface area contributed by atoms with Crippen LogP contribution in [0.1, 0.15) is 27.3 Å². The number of nitrogens with zero attached hydrogens (tertiary/aromatic N) is 5. The number of halogens is 1. The second-order valence-electron chi connectivity index (χ2n) is 7.71. The van der Waals surface area contributed by atoms with Gasteiger partial charge in [0.25, 0.3) is 5.91 Å².